The van der Waals surface area contributed by atoms with Crippen molar-refractivity contribution in [1.82, 2.24) is 4.98 Å². The van der Waals surface area contributed by atoms with E-state index in [1.165, 1.54) is 12.3 Å². The predicted molar refractivity (Wildman–Crippen MR) is 107 cm³/mol. The van der Waals surface area contributed by atoms with E-state index in [0.717, 1.165) is 12.1 Å². The van der Waals surface area contributed by atoms with E-state index in [1.54, 1.807) is 13.8 Å². The van der Waals surface area contributed by atoms with Gasteiger partial charge >= 0.3 is 5.97 Å². The zero-order valence-corrected chi connectivity index (χ0v) is 17.2. The molecular weight excluding hydrogens is 420 g/mol. The van der Waals surface area contributed by atoms with E-state index in [1.807, 2.05) is 4.72 Å². The highest BCUT2D eigenvalue weighted by molar-refractivity contribution is 7.92. The van der Waals surface area contributed by atoms with Crippen LogP contribution in [0.2, 0.25) is 0 Å². The number of halogens is 2. The van der Waals surface area contributed by atoms with Crippen molar-refractivity contribution in [3.63, 3.8) is 0 Å². The van der Waals surface area contributed by atoms with Crippen molar-refractivity contribution >= 4 is 33.3 Å². The van der Waals surface area contributed by atoms with Crippen molar-refractivity contribution in [3.8, 4) is 0 Å². The maximum atomic E-state index is 14.7. The molecule has 1 aromatic carbocycles. The van der Waals surface area contributed by atoms with Crippen LogP contribution in [0.25, 0.3) is 0 Å². The van der Waals surface area contributed by atoms with Gasteiger partial charge in [0, 0.05) is 12.6 Å². The fraction of sp³-hybridized carbons (Fsp3) is 0.316. The van der Waals surface area contributed by atoms with Gasteiger partial charge in [-0.3, -0.25) is 9.52 Å². The molecule has 8 nitrogen and oxygen atoms in total. The minimum Gasteiger partial charge on any atom is -0.462 e. The number of esters is 1. The standard InChI is InChI=1S/C19H21F2N3O5S/c1-3-7-30(27,28)24-14-6-5-13(20)16(17(14)21)15(25)9-11-8-12(18(22)23-10-11)19(26)29-4-2/h5-6,8,10,24H,3-4,7,9H2,1-2H3,(H2,22,23). The number of nitrogens with zero attached hydrogens (tertiary/aromatic N) is 1. The first-order valence-electron chi connectivity index (χ1n) is 9.02. The summed E-state index contributed by atoms with van der Waals surface area (Å²) >= 11 is 0. The molecule has 30 heavy (non-hydrogen) atoms. The molecule has 11 heteroatoms. The van der Waals surface area contributed by atoms with Crippen LogP contribution >= 0.6 is 0 Å². The number of ether oxygens (including phenoxy) is 1. The number of pyridine rings is 1. The van der Waals surface area contributed by atoms with Gasteiger partial charge in [-0.25, -0.2) is 27.0 Å². The molecule has 0 aliphatic carbocycles. The summed E-state index contributed by atoms with van der Waals surface area (Å²) in [6.45, 7) is 3.32. The Morgan fingerprint density at radius 3 is 2.57 bits per heavy atom. The molecule has 0 saturated carbocycles. The van der Waals surface area contributed by atoms with Crippen LogP contribution < -0.4 is 10.5 Å². The molecule has 162 valence electrons. The number of rotatable bonds is 9. The van der Waals surface area contributed by atoms with Gasteiger partial charge in [0.25, 0.3) is 0 Å². The number of carbonyl (C=O) groups excluding carboxylic acids is 2. The third-order valence-electron chi connectivity index (χ3n) is 3.94. The molecule has 0 aliphatic rings. The Morgan fingerprint density at radius 2 is 1.93 bits per heavy atom. The molecule has 0 amide bonds. The number of sulfonamides is 1. The van der Waals surface area contributed by atoms with Gasteiger partial charge in [-0.05, 0) is 37.1 Å². The lowest BCUT2D eigenvalue weighted by Crippen LogP contribution is -2.19. The maximum Gasteiger partial charge on any atom is 0.341 e. The molecule has 1 aromatic heterocycles. The Hall–Kier alpha value is -3.08. The molecule has 0 unspecified atom stereocenters. The molecule has 3 N–H and O–H groups in total. The van der Waals surface area contributed by atoms with Crippen molar-refractivity contribution in [2.75, 3.05) is 22.8 Å². The molecule has 0 atom stereocenters. The first-order chi connectivity index (χ1) is 14.1. The van der Waals surface area contributed by atoms with Crippen LogP contribution in [0.1, 0.15) is 46.5 Å². The predicted octanol–water partition coefficient (Wildman–Crippen LogP) is 2.70. The lowest BCUT2D eigenvalue weighted by molar-refractivity contribution is 0.0526. The minimum atomic E-state index is -3.85. The SMILES string of the molecule is CCCS(=O)(=O)Nc1ccc(F)c(C(=O)Cc2cnc(N)c(C(=O)OCC)c2)c1F. The summed E-state index contributed by atoms with van der Waals surface area (Å²) in [6.07, 6.45) is 0.981. The van der Waals surface area contributed by atoms with Gasteiger partial charge in [-0.2, -0.15) is 0 Å². The number of benzene rings is 1. The number of carbonyl (C=O) groups is 2. The quantitative estimate of drug-likeness (QED) is 0.452. The lowest BCUT2D eigenvalue weighted by atomic mass is 10.0. The van der Waals surface area contributed by atoms with Gasteiger partial charge in [0.05, 0.1) is 23.6 Å². The first-order valence-corrected chi connectivity index (χ1v) is 10.7. The topological polar surface area (TPSA) is 128 Å². The third-order valence-corrected chi connectivity index (χ3v) is 5.42. The number of nitrogens with one attached hydrogen (secondary N) is 1. The highest BCUT2D eigenvalue weighted by Crippen LogP contribution is 2.24. The molecule has 2 aromatic rings. The molecular formula is C19H21F2N3O5S. The summed E-state index contributed by atoms with van der Waals surface area (Å²) in [5.41, 5.74) is 4.29. The molecule has 0 saturated heterocycles. The van der Waals surface area contributed by atoms with Crippen LogP contribution in [0, 0.1) is 11.6 Å². The zero-order chi connectivity index (χ0) is 22.5. The Balaban J connectivity index is 2.35. The van der Waals surface area contributed by atoms with Crippen LogP contribution in [0.3, 0.4) is 0 Å². The van der Waals surface area contributed by atoms with Gasteiger partial charge in [0.1, 0.15) is 17.2 Å². The summed E-state index contributed by atoms with van der Waals surface area (Å²) < 4.78 is 59.5. The fourth-order valence-electron chi connectivity index (χ4n) is 2.64. The fourth-order valence-corrected chi connectivity index (χ4v) is 3.77. The lowest BCUT2D eigenvalue weighted by Gasteiger charge is -2.12. The molecule has 1 heterocycles. The summed E-state index contributed by atoms with van der Waals surface area (Å²) in [4.78, 5) is 28.3. The van der Waals surface area contributed by atoms with Crippen molar-refractivity contribution < 1.29 is 31.5 Å². The molecule has 0 radical (unpaired) electrons. The highest BCUT2D eigenvalue weighted by Gasteiger charge is 2.23. The number of anilines is 2. The number of hydrogen-bond donors (Lipinski definition) is 2. The second kappa shape index (κ2) is 9.61. The van der Waals surface area contributed by atoms with Gasteiger partial charge in [-0.1, -0.05) is 6.92 Å². The van der Waals surface area contributed by atoms with E-state index >= 15 is 0 Å². The monoisotopic (exact) mass is 441 g/mol. The van der Waals surface area contributed by atoms with E-state index in [9.17, 15) is 26.8 Å². The van der Waals surface area contributed by atoms with Gasteiger partial charge in [-0.15, -0.1) is 0 Å². The number of aromatic nitrogens is 1. The smallest absolute Gasteiger partial charge is 0.341 e. The third kappa shape index (κ3) is 5.50. The summed E-state index contributed by atoms with van der Waals surface area (Å²) in [7, 11) is -3.85. The van der Waals surface area contributed by atoms with E-state index in [4.69, 9.17) is 10.5 Å². The Kier molecular flexibility index (Phi) is 7.43. The Labute approximate surface area is 172 Å². The number of Topliss-reactive ketones (excluding diaryl/α,β-unsaturated/α-hetero) is 1. The molecule has 0 aliphatic heterocycles. The summed E-state index contributed by atoms with van der Waals surface area (Å²) in [5, 5.41) is 0. The van der Waals surface area contributed by atoms with Crippen LogP contribution in [-0.2, 0) is 21.2 Å². The first kappa shape index (κ1) is 23.2. The zero-order valence-electron chi connectivity index (χ0n) is 16.4. The second-order valence-corrected chi connectivity index (χ2v) is 8.14. The number of nitrogens with two attached hydrogens (primary N) is 1. The van der Waals surface area contributed by atoms with Crippen LogP contribution in [-0.4, -0.2) is 37.5 Å². The van der Waals surface area contributed by atoms with E-state index in [0.29, 0.717) is 0 Å². The van der Waals surface area contributed by atoms with Crippen molar-refractivity contribution in [1.29, 1.82) is 0 Å². The average molecular weight is 441 g/mol. The molecule has 2 rings (SSSR count). The number of hydrogen-bond acceptors (Lipinski definition) is 7. The average Bonchev–Trinajstić information content (AvgIpc) is 2.65. The van der Waals surface area contributed by atoms with Gasteiger partial charge < -0.3 is 10.5 Å². The van der Waals surface area contributed by atoms with E-state index in [-0.39, 0.29) is 35.7 Å². The molecule has 0 bridgehead atoms. The minimum absolute atomic E-state index is 0.0795. The van der Waals surface area contributed by atoms with Crippen molar-refractivity contribution in [2.24, 2.45) is 0 Å². The van der Waals surface area contributed by atoms with Crippen LogP contribution in [0.15, 0.2) is 24.4 Å². The van der Waals surface area contributed by atoms with Crippen molar-refractivity contribution in [3.05, 3.63) is 52.7 Å². The summed E-state index contributed by atoms with van der Waals surface area (Å²) in [6, 6.07) is 2.95. The second-order valence-electron chi connectivity index (χ2n) is 6.30. The highest BCUT2D eigenvalue weighted by atomic mass is 32.2. The van der Waals surface area contributed by atoms with Gasteiger partial charge in [0.15, 0.2) is 11.6 Å². The molecule has 0 fully saturated rings. The Morgan fingerprint density at radius 1 is 1.23 bits per heavy atom. The van der Waals surface area contributed by atoms with E-state index in [2.05, 4.69) is 4.98 Å². The number of ketones is 1. The Bertz CT molecular complexity index is 1070. The molecule has 0 spiro atoms. The van der Waals surface area contributed by atoms with Crippen LogP contribution in [0.5, 0.6) is 0 Å². The maximum absolute atomic E-state index is 14.7. The largest absolute Gasteiger partial charge is 0.462 e. The normalized spacial score (nSPS) is 11.2. The van der Waals surface area contributed by atoms with Crippen molar-refractivity contribution in [2.45, 2.75) is 26.7 Å². The van der Waals surface area contributed by atoms with Gasteiger partial charge in [0.2, 0.25) is 10.0 Å². The summed E-state index contributed by atoms with van der Waals surface area (Å²) in [5.74, 6) is -4.57. The van der Waals surface area contributed by atoms with E-state index < -0.39 is 51.1 Å². The van der Waals surface area contributed by atoms with Crippen LogP contribution in [0.4, 0.5) is 20.3 Å². The number of nitrogen functional groups attached to an aromatic ring is 1.